The van der Waals surface area contributed by atoms with Crippen LogP contribution in [-0.2, 0) is 16.2 Å². The minimum Gasteiger partial charge on any atom is -0.489 e. The van der Waals surface area contributed by atoms with Crippen molar-refractivity contribution in [3.8, 4) is 17.2 Å². The van der Waals surface area contributed by atoms with Crippen LogP contribution in [0, 0.1) is 26.9 Å². The Morgan fingerprint density at radius 2 is 1.74 bits per heavy atom. The van der Waals surface area contributed by atoms with Gasteiger partial charge in [0.25, 0.3) is 21.6 Å². The maximum atomic E-state index is 14.2. The van der Waals surface area contributed by atoms with Gasteiger partial charge >= 0.3 is 6.18 Å². The summed E-state index contributed by atoms with van der Waals surface area (Å²) in [6.45, 7) is 12.6. The molecule has 2 unspecified atom stereocenters. The molecule has 70 heavy (non-hydrogen) atoms. The number of piperidine rings is 1. The van der Waals surface area contributed by atoms with Crippen LogP contribution in [0.2, 0.25) is 0 Å². The average Bonchev–Trinajstić information content (AvgIpc) is 3.98. The molecule has 0 bridgehead atoms. The van der Waals surface area contributed by atoms with Crippen LogP contribution in [0.25, 0.3) is 11.0 Å². The summed E-state index contributed by atoms with van der Waals surface area (Å²) in [5.41, 5.74) is 2.32. The number of benzene rings is 3. The summed E-state index contributed by atoms with van der Waals surface area (Å²) < 4.78 is 84.2. The van der Waals surface area contributed by atoms with Gasteiger partial charge in [0.2, 0.25) is 0 Å². The van der Waals surface area contributed by atoms with Crippen LogP contribution in [0.5, 0.6) is 17.2 Å². The zero-order valence-electron chi connectivity index (χ0n) is 39.9. The van der Waals surface area contributed by atoms with Gasteiger partial charge < -0.3 is 24.7 Å². The zero-order valence-corrected chi connectivity index (χ0v) is 40.7. The molecule has 2 saturated heterocycles. The molecular formula is C52H60F3N7O7S. The number of nitro groups is 1. The van der Waals surface area contributed by atoms with Crippen LogP contribution >= 0.6 is 0 Å². The second-order valence-corrected chi connectivity index (χ2v) is 23.1. The van der Waals surface area contributed by atoms with Crippen molar-refractivity contribution >= 4 is 44.0 Å². The molecule has 5 aliphatic rings. The number of anilines is 2. The topological polar surface area (TPSA) is 172 Å². The number of halogens is 3. The Morgan fingerprint density at radius 3 is 2.46 bits per heavy atom. The summed E-state index contributed by atoms with van der Waals surface area (Å²) in [6, 6.07) is 17.1. The largest absolute Gasteiger partial charge is 0.489 e. The molecule has 3 aromatic carbocycles. The van der Waals surface area contributed by atoms with Crippen LogP contribution in [0.3, 0.4) is 0 Å². The number of hydrogen-bond donors (Lipinski definition) is 3. The fourth-order valence-corrected chi connectivity index (χ4v) is 13.0. The van der Waals surface area contributed by atoms with Gasteiger partial charge in [-0.1, -0.05) is 58.4 Å². The Bertz CT molecular complexity index is 2930. The van der Waals surface area contributed by atoms with E-state index in [1.54, 1.807) is 12.1 Å². The summed E-state index contributed by atoms with van der Waals surface area (Å²) in [4.78, 5) is 36.9. The Hall–Kier alpha value is -5.88. The van der Waals surface area contributed by atoms with Crippen molar-refractivity contribution in [1.82, 2.24) is 19.6 Å². The minimum atomic E-state index is -4.78. The SMILES string of the molecule is CC(C)c1ccccc1[C@H]1CCCC1N1CC2(CCN(c3ccc(C(=O)NS(=O)(=O)c4cc5c(c([N+](=O)[O-])c4)NC(C4CCC(C)(C)CC4)CO5)c(Oc4cnc5[nH]cc(C(F)(F)F)c5c4)c3)CC2)C1. The average molecular weight is 984 g/mol. The number of nitro benzene ring substituents is 1. The molecule has 372 valence electrons. The maximum Gasteiger partial charge on any atom is 0.418 e. The van der Waals surface area contributed by atoms with E-state index >= 15 is 0 Å². The molecule has 3 N–H and O–H groups in total. The number of aromatic nitrogens is 2. The van der Waals surface area contributed by atoms with Crippen molar-refractivity contribution < 1.29 is 40.8 Å². The second-order valence-electron chi connectivity index (χ2n) is 21.4. The van der Waals surface area contributed by atoms with E-state index in [4.69, 9.17) is 9.47 Å². The number of nitrogens with zero attached hydrogens (tertiary/aromatic N) is 4. The highest BCUT2D eigenvalue weighted by atomic mass is 32.2. The number of carbonyl (C=O) groups excluding carboxylic acids is 1. The molecule has 1 spiro atoms. The van der Waals surface area contributed by atoms with Gasteiger partial charge in [-0.15, -0.1) is 0 Å². The third-order valence-corrected chi connectivity index (χ3v) is 17.3. The number of aromatic amines is 1. The minimum absolute atomic E-state index is 0.0232. The Balaban J connectivity index is 0.882. The highest BCUT2D eigenvalue weighted by molar-refractivity contribution is 7.90. The third-order valence-electron chi connectivity index (χ3n) is 16.0. The summed E-state index contributed by atoms with van der Waals surface area (Å²) in [5.74, 6) is -0.203. The molecule has 4 fully saturated rings. The highest BCUT2D eigenvalue weighted by Crippen LogP contribution is 2.50. The van der Waals surface area contributed by atoms with Crippen molar-refractivity contribution in [2.75, 3.05) is 43.0 Å². The van der Waals surface area contributed by atoms with Crippen LogP contribution in [-0.4, -0.2) is 79.0 Å². The molecule has 10 rings (SSSR count). The van der Waals surface area contributed by atoms with E-state index in [0.29, 0.717) is 36.7 Å². The molecule has 5 aromatic rings. The Labute approximate surface area is 405 Å². The predicted molar refractivity (Wildman–Crippen MR) is 260 cm³/mol. The van der Waals surface area contributed by atoms with Crippen molar-refractivity contribution in [2.24, 2.45) is 16.7 Å². The smallest absolute Gasteiger partial charge is 0.418 e. The number of amides is 1. The molecule has 0 radical (unpaired) electrons. The molecule has 3 atom stereocenters. The number of alkyl halides is 3. The van der Waals surface area contributed by atoms with Gasteiger partial charge in [0.15, 0.2) is 11.4 Å². The Kier molecular flexibility index (Phi) is 12.3. The number of fused-ring (bicyclic) bond motifs is 2. The predicted octanol–water partition coefficient (Wildman–Crippen LogP) is 11.2. The van der Waals surface area contributed by atoms with Gasteiger partial charge in [0.05, 0.1) is 33.2 Å². The lowest BCUT2D eigenvalue weighted by molar-refractivity contribution is -0.384. The van der Waals surface area contributed by atoms with Gasteiger partial charge in [-0.3, -0.25) is 19.8 Å². The lowest BCUT2D eigenvalue weighted by Crippen LogP contribution is -2.63. The summed E-state index contributed by atoms with van der Waals surface area (Å²) in [6.07, 6.45) is 6.63. The van der Waals surface area contributed by atoms with Gasteiger partial charge in [0.1, 0.15) is 23.8 Å². The Morgan fingerprint density at radius 1 is 1.00 bits per heavy atom. The lowest BCUT2D eigenvalue weighted by atomic mass is 9.70. The van der Waals surface area contributed by atoms with Gasteiger partial charge in [-0.2, -0.15) is 13.2 Å². The van der Waals surface area contributed by atoms with Crippen molar-refractivity contribution in [2.45, 2.75) is 120 Å². The first-order chi connectivity index (χ1) is 33.3. The lowest BCUT2D eigenvalue weighted by Gasteiger charge is -2.57. The number of rotatable bonds is 11. The number of likely N-dealkylation sites (tertiary alicyclic amines) is 1. The van der Waals surface area contributed by atoms with Gasteiger partial charge in [-0.25, -0.2) is 18.1 Å². The van der Waals surface area contributed by atoms with Crippen molar-refractivity contribution in [3.05, 3.63) is 105 Å². The summed E-state index contributed by atoms with van der Waals surface area (Å²) >= 11 is 0. The monoisotopic (exact) mass is 983 g/mol. The molecule has 3 aliphatic heterocycles. The van der Waals surface area contributed by atoms with E-state index in [0.717, 1.165) is 76.0 Å². The second kappa shape index (κ2) is 18.1. The van der Waals surface area contributed by atoms with Crippen molar-refractivity contribution in [1.29, 1.82) is 0 Å². The van der Waals surface area contributed by atoms with E-state index in [9.17, 15) is 36.5 Å². The van der Waals surface area contributed by atoms with E-state index in [1.807, 2.05) is 0 Å². The standard InChI is InChI=1S/C52H60F3N7O7S/c1-31(2)36-8-5-6-9-37(36)38-10-7-11-43(38)61-29-51(30-61)18-20-60(21-19-51)33-12-13-39(45(22-33)69-34-23-40-41(52(53,54)55)27-57-48(40)56-26-34)49(63)59-70(66,67)35-24-44(62(64)65)47-46(25-35)68-28-42(58-47)32-14-16-50(3,4)17-15-32/h5-6,8-9,12-13,22-27,31-32,38,42-43,58H,7,10-11,14-21,28-30H2,1-4H3,(H,56,57)(H,59,63)/t38-,42?,43?/m1/s1. The highest BCUT2D eigenvalue weighted by Gasteiger charge is 2.50. The fourth-order valence-electron chi connectivity index (χ4n) is 12.0. The number of pyridine rings is 1. The first kappa shape index (κ1) is 47.8. The van der Waals surface area contributed by atoms with Crippen LogP contribution in [0.1, 0.15) is 124 Å². The number of nitrogens with one attached hydrogen (secondary N) is 3. The van der Waals surface area contributed by atoms with Crippen LogP contribution < -0.4 is 24.4 Å². The summed E-state index contributed by atoms with van der Waals surface area (Å²) in [7, 11) is -4.78. The zero-order chi connectivity index (χ0) is 49.3. The van der Waals surface area contributed by atoms with E-state index in [2.05, 4.69) is 81.8 Å². The van der Waals surface area contributed by atoms with Crippen LogP contribution in [0.4, 0.5) is 30.2 Å². The van der Waals surface area contributed by atoms with Gasteiger partial charge in [-0.05, 0) is 109 Å². The van der Waals surface area contributed by atoms with E-state index < -0.39 is 43.2 Å². The van der Waals surface area contributed by atoms with Gasteiger partial charge in [0, 0.05) is 67.7 Å². The summed E-state index contributed by atoms with van der Waals surface area (Å²) in [5, 5.41) is 15.5. The molecule has 5 heterocycles. The number of sulfonamides is 1. The quantitative estimate of drug-likeness (QED) is 0.0849. The molecular weight excluding hydrogens is 924 g/mol. The number of H-pyrrole nitrogens is 1. The molecule has 2 aromatic heterocycles. The molecule has 14 nitrogen and oxygen atoms in total. The normalized spacial score (nSPS) is 22.6. The van der Waals surface area contributed by atoms with E-state index in [-0.39, 0.29) is 68.9 Å². The molecule has 2 saturated carbocycles. The van der Waals surface area contributed by atoms with E-state index in [1.165, 1.54) is 42.7 Å². The van der Waals surface area contributed by atoms with Crippen LogP contribution in [0.15, 0.2) is 78.0 Å². The third kappa shape index (κ3) is 9.28. The molecule has 18 heteroatoms. The maximum absolute atomic E-state index is 14.2. The first-order valence-electron chi connectivity index (χ1n) is 24.5. The molecule has 1 amide bonds. The van der Waals surface area contributed by atoms with Crippen molar-refractivity contribution in [3.63, 3.8) is 0 Å². The molecule has 2 aliphatic carbocycles. The number of ether oxygens (including phenoxy) is 2. The fraction of sp³-hybridized carbons (Fsp3) is 0.500. The number of carbonyl (C=O) groups is 1. The first-order valence-corrected chi connectivity index (χ1v) is 26.0. The number of hydrogen-bond acceptors (Lipinski definition) is 11.